The summed E-state index contributed by atoms with van der Waals surface area (Å²) in [7, 11) is 1.29. The summed E-state index contributed by atoms with van der Waals surface area (Å²) in [5.74, 6) is -0.642. The SMILES string of the molecule is CCCC1=C2/C(=N/OCC)CC(C)(C)[C@@]2(C(=O)OC)C(=O)O1. The van der Waals surface area contributed by atoms with E-state index in [0.717, 1.165) is 6.42 Å². The molecule has 0 aromatic rings. The Morgan fingerprint density at radius 2 is 2.05 bits per heavy atom. The van der Waals surface area contributed by atoms with Crippen molar-refractivity contribution in [3.8, 4) is 0 Å². The first kappa shape index (κ1) is 16.5. The minimum atomic E-state index is -1.44. The number of cyclic esters (lactones) is 1. The minimum absolute atomic E-state index is 0.417. The Kier molecular flexibility index (Phi) is 4.31. The molecule has 0 bridgehead atoms. The topological polar surface area (TPSA) is 74.2 Å². The van der Waals surface area contributed by atoms with Crippen molar-refractivity contribution in [2.75, 3.05) is 13.7 Å². The molecule has 1 aliphatic heterocycles. The number of methoxy groups -OCH3 is 1. The average molecular weight is 309 g/mol. The smallest absolute Gasteiger partial charge is 0.333 e. The number of hydrogen-bond acceptors (Lipinski definition) is 6. The van der Waals surface area contributed by atoms with Crippen molar-refractivity contribution in [3.63, 3.8) is 0 Å². The zero-order valence-corrected chi connectivity index (χ0v) is 13.8. The minimum Gasteiger partial charge on any atom is -0.468 e. The Labute approximate surface area is 130 Å². The van der Waals surface area contributed by atoms with E-state index in [0.29, 0.717) is 36.5 Å². The van der Waals surface area contributed by atoms with E-state index < -0.39 is 22.8 Å². The third kappa shape index (κ3) is 2.04. The molecule has 0 amide bonds. The molecule has 1 fully saturated rings. The van der Waals surface area contributed by atoms with Crippen LogP contribution in [0.4, 0.5) is 0 Å². The van der Waals surface area contributed by atoms with Crippen LogP contribution in [0.3, 0.4) is 0 Å². The summed E-state index contributed by atoms with van der Waals surface area (Å²) in [5.41, 5.74) is -0.976. The fraction of sp³-hybridized carbons (Fsp3) is 0.688. The summed E-state index contributed by atoms with van der Waals surface area (Å²) >= 11 is 0. The molecule has 6 heteroatoms. The Morgan fingerprint density at radius 3 is 2.59 bits per heavy atom. The number of rotatable bonds is 5. The molecule has 2 aliphatic rings. The summed E-state index contributed by atoms with van der Waals surface area (Å²) in [5, 5.41) is 4.13. The number of hydrogen-bond donors (Lipinski definition) is 0. The van der Waals surface area contributed by atoms with Gasteiger partial charge in [0, 0.05) is 23.8 Å². The summed E-state index contributed by atoms with van der Waals surface area (Å²) in [4.78, 5) is 30.4. The van der Waals surface area contributed by atoms with Crippen molar-refractivity contribution >= 4 is 17.7 Å². The number of allylic oxidation sites excluding steroid dienone is 1. The Hall–Kier alpha value is -1.85. The number of nitrogens with zero attached hydrogens (tertiary/aromatic N) is 1. The molecule has 1 heterocycles. The van der Waals surface area contributed by atoms with Crippen LogP contribution in [0.2, 0.25) is 0 Å². The van der Waals surface area contributed by atoms with Gasteiger partial charge in [-0.1, -0.05) is 25.9 Å². The van der Waals surface area contributed by atoms with Crippen LogP contribution in [0.5, 0.6) is 0 Å². The van der Waals surface area contributed by atoms with Crippen LogP contribution < -0.4 is 0 Å². The van der Waals surface area contributed by atoms with Crippen LogP contribution in [0, 0.1) is 10.8 Å². The van der Waals surface area contributed by atoms with E-state index in [-0.39, 0.29) is 0 Å². The normalized spacial score (nSPS) is 27.9. The quantitative estimate of drug-likeness (QED) is 0.443. The summed E-state index contributed by atoms with van der Waals surface area (Å²) in [6.45, 7) is 7.94. The molecule has 0 radical (unpaired) electrons. The van der Waals surface area contributed by atoms with E-state index in [1.807, 2.05) is 27.7 Å². The highest BCUT2D eigenvalue weighted by molar-refractivity contribution is 6.21. The van der Waals surface area contributed by atoms with E-state index in [1.165, 1.54) is 7.11 Å². The number of carbonyl (C=O) groups excluding carboxylic acids is 2. The van der Waals surface area contributed by atoms with Crippen molar-refractivity contribution in [2.24, 2.45) is 16.0 Å². The fourth-order valence-corrected chi connectivity index (χ4v) is 3.42. The Balaban J connectivity index is 2.69. The molecule has 6 nitrogen and oxygen atoms in total. The van der Waals surface area contributed by atoms with Crippen molar-refractivity contribution < 1.29 is 23.9 Å². The lowest BCUT2D eigenvalue weighted by atomic mass is 9.66. The standard InChI is InChI=1S/C16H23NO5/c1-6-8-11-12-10(17-21-7-2)9-15(3,4)16(12,13(18)20-5)14(19)22-11/h6-9H2,1-5H3/b17-10+/t16-/m0/s1. The third-order valence-electron chi connectivity index (χ3n) is 4.36. The number of carbonyl (C=O) groups is 2. The summed E-state index contributed by atoms with van der Waals surface area (Å²) < 4.78 is 10.4. The maximum absolute atomic E-state index is 12.6. The summed E-state index contributed by atoms with van der Waals surface area (Å²) in [6, 6.07) is 0. The first-order valence-corrected chi connectivity index (χ1v) is 7.60. The first-order valence-electron chi connectivity index (χ1n) is 7.60. The van der Waals surface area contributed by atoms with Crippen LogP contribution in [-0.2, 0) is 23.9 Å². The van der Waals surface area contributed by atoms with Crippen LogP contribution in [0.25, 0.3) is 0 Å². The van der Waals surface area contributed by atoms with Gasteiger partial charge in [-0.3, -0.25) is 9.59 Å². The van der Waals surface area contributed by atoms with Crippen molar-refractivity contribution in [1.82, 2.24) is 0 Å². The lowest BCUT2D eigenvalue weighted by Gasteiger charge is -2.32. The van der Waals surface area contributed by atoms with Crippen LogP contribution in [0.15, 0.2) is 16.5 Å². The molecule has 22 heavy (non-hydrogen) atoms. The lowest BCUT2D eigenvalue weighted by molar-refractivity contribution is -0.168. The lowest BCUT2D eigenvalue weighted by Crippen LogP contribution is -2.47. The van der Waals surface area contributed by atoms with Gasteiger partial charge in [0.25, 0.3) is 0 Å². The van der Waals surface area contributed by atoms with Crippen molar-refractivity contribution in [1.29, 1.82) is 0 Å². The highest BCUT2D eigenvalue weighted by atomic mass is 16.6. The van der Waals surface area contributed by atoms with Crippen molar-refractivity contribution in [2.45, 2.75) is 47.0 Å². The van der Waals surface area contributed by atoms with Gasteiger partial charge in [-0.25, -0.2) is 0 Å². The molecule has 122 valence electrons. The number of ether oxygens (including phenoxy) is 2. The van der Waals surface area contributed by atoms with Gasteiger partial charge in [-0.05, 0) is 13.3 Å². The second-order valence-corrected chi connectivity index (χ2v) is 6.20. The van der Waals surface area contributed by atoms with Crippen LogP contribution in [0.1, 0.15) is 47.0 Å². The predicted molar refractivity (Wildman–Crippen MR) is 79.9 cm³/mol. The molecule has 0 saturated heterocycles. The molecule has 0 unspecified atom stereocenters. The fourth-order valence-electron chi connectivity index (χ4n) is 3.42. The maximum atomic E-state index is 12.6. The highest BCUT2D eigenvalue weighted by Crippen LogP contribution is 2.60. The maximum Gasteiger partial charge on any atom is 0.333 e. The van der Waals surface area contributed by atoms with E-state index in [9.17, 15) is 9.59 Å². The number of fused-ring (bicyclic) bond motifs is 1. The van der Waals surface area contributed by atoms with E-state index in [2.05, 4.69) is 5.16 Å². The largest absolute Gasteiger partial charge is 0.468 e. The number of oxime groups is 1. The predicted octanol–water partition coefficient (Wildman–Crippen LogP) is 2.58. The zero-order valence-electron chi connectivity index (χ0n) is 13.8. The molecule has 0 N–H and O–H groups in total. The Bertz CT molecular complexity index is 561. The highest BCUT2D eigenvalue weighted by Gasteiger charge is 2.71. The van der Waals surface area contributed by atoms with Gasteiger partial charge in [0.05, 0.1) is 12.8 Å². The van der Waals surface area contributed by atoms with E-state index in [4.69, 9.17) is 14.3 Å². The van der Waals surface area contributed by atoms with Gasteiger partial charge in [-0.2, -0.15) is 0 Å². The van der Waals surface area contributed by atoms with Gasteiger partial charge >= 0.3 is 11.9 Å². The third-order valence-corrected chi connectivity index (χ3v) is 4.36. The van der Waals surface area contributed by atoms with Crippen LogP contribution >= 0.6 is 0 Å². The van der Waals surface area contributed by atoms with Gasteiger partial charge in [0.2, 0.25) is 5.41 Å². The molecule has 2 rings (SSSR count). The van der Waals surface area contributed by atoms with Gasteiger partial charge in [0.1, 0.15) is 12.4 Å². The molecular weight excluding hydrogens is 286 g/mol. The Morgan fingerprint density at radius 1 is 1.36 bits per heavy atom. The molecule has 0 spiro atoms. The molecular formula is C16H23NO5. The zero-order chi connectivity index (χ0) is 16.5. The molecule has 0 aromatic carbocycles. The van der Waals surface area contributed by atoms with E-state index >= 15 is 0 Å². The second kappa shape index (κ2) is 5.74. The van der Waals surface area contributed by atoms with Gasteiger partial charge < -0.3 is 14.3 Å². The van der Waals surface area contributed by atoms with Gasteiger partial charge in [-0.15, -0.1) is 0 Å². The molecule has 1 atom stereocenters. The van der Waals surface area contributed by atoms with Crippen LogP contribution in [-0.4, -0.2) is 31.4 Å². The first-order chi connectivity index (χ1) is 10.4. The second-order valence-electron chi connectivity index (χ2n) is 6.20. The summed E-state index contributed by atoms with van der Waals surface area (Å²) in [6.07, 6.45) is 1.83. The van der Waals surface area contributed by atoms with E-state index in [1.54, 1.807) is 0 Å². The van der Waals surface area contributed by atoms with Gasteiger partial charge in [0.15, 0.2) is 0 Å². The molecule has 1 aliphatic carbocycles. The van der Waals surface area contributed by atoms with Crippen molar-refractivity contribution in [3.05, 3.63) is 11.3 Å². The molecule has 0 aromatic heterocycles. The number of esters is 2. The monoisotopic (exact) mass is 309 g/mol. The average Bonchev–Trinajstić information content (AvgIpc) is 2.89. The molecule has 1 saturated carbocycles.